The zero-order chi connectivity index (χ0) is 18.1. The fourth-order valence-electron chi connectivity index (χ4n) is 3.19. The lowest BCUT2D eigenvalue weighted by atomic mass is 9.97. The van der Waals surface area contributed by atoms with Crippen LogP contribution in [0.5, 0.6) is 0 Å². The summed E-state index contributed by atoms with van der Waals surface area (Å²) in [6.07, 6.45) is 5.63. The molecule has 1 heterocycles. The molecule has 0 N–H and O–H groups in total. The molecular weight excluding hydrogens is 322 g/mol. The number of ether oxygens (including phenoxy) is 3. The van der Waals surface area contributed by atoms with Crippen molar-refractivity contribution < 1.29 is 23.8 Å². The number of ketones is 1. The molecule has 6 heteroatoms. The van der Waals surface area contributed by atoms with Crippen molar-refractivity contribution >= 4 is 11.8 Å². The second kappa shape index (κ2) is 10.4. The van der Waals surface area contributed by atoms with Crippen molar-refractivity contribution in [3.63, 3.8) is 0 Å². The van der Waals surface area contributed by atoms with E-state index in [9.17, 15) is 9.59 Å². The number of aromatic nitrogens is 1. The Labute approximate surface area is 149 Å². The average Bonchev–Trinajstić information content (AvgIpc) is 2.98. The van der Waals surface area contributed by atoms with Crippen LogP contribution in [0.2, 0.25) is 0 Å². The molecule has 1 aliphatic rings. The fourth-order valence-corrected chi connectivity index (χ4v) is 3.19. The molecule has 25 heavy (non-hydrogen) atoms. The lowest BCUT2D eigenvalue weighted by molar-refractivity contribution is 0.0476. The summed E-state index contributed by atoms with van der Waals surface area (Å²) in [5.74, 6) is -0.210. The van der Waals surface area contributed by atoms with Crippen molar-refractivity contribution in [2.75, 3.05) is 34.0 Å². The van der Waals surface area contributed by atoms with E-state index < -0.39 is 0 Å². The number of esters is 1. The molecule has 1 aromatic rings. The zero-order valence-corrected chi connectivity index (χ0v) is 15.3. The van der Waals surface area contributed by atoms with E-state index in [1.54, 1.807) is 14.2 Å². The number of hydrogen-bond acceptors (Lipinski definition) is 5. The molecule has 1 aromatic heterocycles. The van der Waals surface area contributed by atoms with Crippen molar-refractivity contribution in [1.82, 2.24) is 4.57 Å². The van der Waals surface area contributed by atoms with Crippen LogP contribution in [-0.4, -0.2) is 50.4 Å². The maximum atomic E-state index is 12.5. The van der Waals surface area contributed by atoms with Gasteiger partial charge in [0.25, 0.3) is 0 Å². The number of nitrogens with zero attached hydrogens (tertiary/aromatic N) is 1. The largest absolute Gasteiger partial charge is 0.461 e. The second-order valence-corrected chi connectivity index (χ2v) is 6.37. The molecule has 0 aromatic carbocycles. The van der Waals surface area contributed by atoms with Gasteiger partial charge in [0.15, 0.2) is 5.78 Å². The highest BCUT2D eigenvalue weighted by Crippen LogP contribution is 2.26. The van der Waals surface area contributed by atoms with E-state index >= 15 is 0 Å². The maximum absolute atomic E-state index is 12.5. The summed E-state index contributed by atoms with van der Waals surface area (Å²) < 4.78 is 17.3. The number of Topliss-reactive ketones (excluding diaryl/α,β-unsaturated/α-hetero) is 1. The predicted molar refractivity (Wildman–Crippen MR) is 94.2 cm³/mol. The van der Waals surface area contributed by atoms with Gasteiger partial charge < -0.3 is 18.8 Å². The van der Waals surface area contributed by atoms with Gasteiger partial charge in [0.2, 0.25) is 0 Å². The molecule has 0 bridgehead atoms. The molecule has 0 atom stereocenters. The first-order chi connectivity index (χ1) is 12.2. The zero-order valence-electron chi connectivity index (χ0n) is 15.3. The highest BCUT2D eigenvalue weighted by atomic mass is 16.5. The normalized spacial score (nSPS) is 13.8. The van der Waals surface area contributed by atoms with Crippen LogP contribution >= 0.6 is 0 Å². The van der Waals surface area contributed by atoms with Gasteiger partial charge in [0, 0.05) is 40.4 Å². The number of fused-ring (bicyclic) bond motifs is 1. The van der Waals surface area contributed by atoms with Gasteiger partial charge in [-0.3, -0.25) is 4.79 Å². The number of carbonyl (C=O) groups is 2. The van der Waals surface area contributed by atoms with Crippen LogP contribution in [-0.2, 0) is 27.2 Å². The molecule has 1 aliphatic carbocycles. The summed E-state index contributed by atoms with van der Waals surface area (Å²) in [4.78, 5) is 24.9. The smallest absolute Gasteiger partial charge is 0.354 e. The minimum atomic E-state index is -0.341. The molecule has 0 aliphatic heterocycles. The highest BCUT2D eigenvalue weighted by Gasteiger charge is 2.27. The lowest BCUT2D eigenvalue weighted by Crippen LogP contribution is -2.19. The minimum Gasteiger partial charge on any atom is -0.461 e. The first-order valence-corrected chi connectivity index (χ1v) is 9.09. The third kappa shape index (κ3) is 5.41. The molecule has 0 unspecified atom stereocenters. The quantitative estimate of drug-likeness (QED) is 0.453. The molecular formula is C19H29NO5. The van der Waals surface area contributed by atoms with Crippen molar-refractivity contribution in [3.05, 3.63) is 23.0 Å². The predicted octanol–water partition coefficient (Wildman–Crippen LogP) is 3.02. The van der Waals surface area contributed by atoms with Crippen LogP contribution in [0.1, 0.15) is 65.1 Å². The third-order valence-corrected chi connectivity index (χ3v) is 4.46. The first-order valence-electron chi connectivity index (χ1n) is 9.09. The second-order valence-electron chi connectivity index (χ2n) is 6.37. The third-order valence-electron chi connectivity index (χ3n) is 4.46. The van der Waals surface area contributed by atoms with Gasteiger partial charge in [-0.2, -0.15) is 0 Å². The van der Waals surface area contributed by atoms with Gasteiger partial charge in [-0.1, -0.05) is 0 Å². The van der Waals surface area contributed by atoms with Crippen LogP contribution < -0.4 is 0 Å². The van der Waals surface area contributed by atoms with Crippen LogP contribution in [0.15, 0.2) is 6.07 Å². The van der Waals surface area contributed by atoms with Crippen LogP contribution in [0.25, 0.3) is 0 Å². The Bertz CT molecular complexity index is 579. The number of hydrogen-bond donors (Lipinski definition) is 0. The average molecular weight is 351 g/mol. The summed E-state index contributed by atoms with van der Waals surface area (Å²) in [7, 11) is 3.33. The van der Waals surface area contributed by atoms with E-state index in [1.165, 1.54) is 0 Å². The van der Waals surface area contributed by atoms with Gasteiger partial charge >= 0.3 is 5.97 Å². The standard InChI is InChI=1S/C19H29NO5/c1-23-11-4-3-10-20-16(19(22)25-13-6-5-12-24-2)14-15-8-7-9-17(21)18(15)20/h14H,3-13H2,1-2H3. The fraction of sp³-hybridized carbons (Fsp3) is 0.684. The number of rotatable bonds is 11. The Morgan fingerprint density at radius 2 is 1.72 bits per heavy atom. The number of unbranched alkanes of at least 4 members (excludes halogenated alkanes) is 2. The summed E-state index contributed by atoms with van der Waals surface area (Å²) in [6.45, 7) is 2.35. The molecule has 0 saturated heterocycles. The molecule has 0 spiro atoms. The summed E-state index contributed by atoms with van der Waals surface area (Å²) in [5.41, 5.74) is 2.19. The lowest BCUT2D eigenvalue weighted by Gasteiger charge is -2.16. The number of carbonyl (C=O) groups excluding carboxylic acids is 2. The van der Waals surface area contributed by atoms with Crippen LogP contribution in [0, 0.1) is 0 Å². The van der Waals surface area contributed by atoms with Crippen LogP contribution in [0.4, 0.5) is 0 Å². The van der Waals surface area contributed by atoms with Crippen molar-refractivity contribution in [2.24, 2.45) is 0 Å². The Morgan fingerprint density at radius 1 is 1.04 bits per heavy atom. The molecule has 0 radical (unpaired) electrons. The topological polar surface area (TPSA) is 66.8 Å². The summed E-state index contributed by atoms with van der Waals surface area (Å²) >= 11 is 0. The Morgan fingerprint density at radius 3 is 2.44 bits per heavy atom. The van der Waals surface area contributed by atoms with Gasteiger partial charge in [-0.15, -0.1) is 0 Å². The maximum Gasteiger partial charge on any atom is 0.354 e. The molecule has 140 valence electrons. The van der Waals surface area contributed by atoms with Crippen LogP contribution in [0.3, 0.4) is 0 Å². The minimum absolute atomic E-state index is 0.132. The number of methoxy groups -OCH3 is 2. The molecule has 0 amide bonds. The number of aryl methyl sites for hydroxylation is 1. The van der Waals surface area contributed by atoms with Gasteiger partial charge in [0.05, 0.1) is 12.3 Å². The van der Waals surface area contributed by atoms with Crippen molar-refractivity contribution in [1.29, 1.82) is 0 Å². The van der Waals surface area contributed by atoms with E-state index in [2.05, 4.69) is 0 Å². The van der Waals surface area contributed by atoms with Gasteiger partial charge in [-0.25, -0.2) is 4.79 Å². The van der Waals surface area contributed by atoms with Gasteiger partial charge in [0.1, 0.15) is 5.69 Å². The van der Waals surface area contributed by atoms with Crippen molar-refractivity contribution in [3.8, 4) is 0 Å². The molecule has 0 fully saturated rings. The Hall–Kier alpha value is -1.66. The van der Waals surface area contributed by atoms with E-state index in [0.29, 0.717) is 44.2 Å². The highest BCUT2D eigenvalue weighted by molar-refractivity contribution is 6.00. The molecule has 2 rings (SSSR count). The Kier molecular flexibility index (Phi) is 8.15. The molecule has 6 nitrogen and oxygen atoms in total. The van der Waals surface area contributed by atoms with E-state index in [4.69, 9.17) is 14.2 Å². The molecule has 0 saturated carbocycles. The van der Waals surface area contributed by atoms with E-state index in [1.807, 2.05) is 10.6 Å². The van der Waals surface area contributed by atoms with E-state index in [0.717, 1.165) is 44.1 Å². The summed E-state index contributed by atoms with van der Waals surface area (Å²) in [5, 5.41) is 0. The monoisotopic (exact) mass is 351 g/mol. The van der Waals surface area contributed by atoms with E-state index in [-0.39, 0.29) is 11.8 Å². The SMILES string of the molecule is COCCCCOC(=O)c1cc2c(n1CCCCOC)C(=O)CCC2. The summed E-state index contributed by atoms with van der Waals surface area (Å²) in [6, 6.07) is 1.85. The van der Waals surface area contributed by atoms with Gasteiger partial charge in [-0.05, 0) is 50.2 Å². The first kappa shape index (κ1) is 19.7. The Balaban J connectivity index is 2.07. The van der Waals surface area contributed by atoms with Crippen molar-refractivity contribution in [2.45, 2.75) is 51.5 Å².